The molecule has 1 saturated carbocycles. The monoisotopic (exact) mass is 291 g/mol. The molecule has 0 saturated heterocycles. The second kappa shape index (κ2) is 8.03. The van der Waals surface area contributed by atoms with Crippen molar-refractivity contribution in [3.05, 3.63) is 29.8 Å². The van der Waals surface area contributed by atoms with Crippen molar-refractivity contribution in [3.8, 4) is 5.75 Å². The lowest BCUT2D eigenvalue weighted by molar-refractivity contribution is 0.0692. The molecule has 1 aromatic rings. The molecule has 2 unspecified atom stereocenters. The Balaban J connectivity index is 1.69. The van der Waals surface area contributed by atoms with Crippen molar-refractivity contribution in [2.75, 3.05) is 19.7 Å². The molecule has 21 heavy (non-hydrogen) atoms. The number of benzene rings is 1. The first kappa shape index (κ1) is 15.8. The van der Waals surface area contributed by atoms with Gasteiger partial charge in [-0.1, -0.05) is 38.3 Å². The standard InChI is InChI=1S/C17H25NO3/c1-13-6-2-3-7-14(13)12-18-10-11-21-16-9-5-4-8-15(16)17(19)20/h4-5,8-9,13-14,18H,2-3,6-7,10-12H2,1H3,(H,19,20). The summed E-state index contributed by atoms with van der Waals surface area (Å²) in [6, 6.07) is 6.76. The van der Waals surface area contributed by atoms with E-state index in [2.05, 4.69) is 12.2 Å². The maximum atomic E-state index is 11.1. The van der Waals surface area contributed by atoms with Crippen LogP contribution in [0.25, 0.3) is 0 Å². The Hall–Kier alpha value is -1.55. The van der Waals surface area contributed by atoms with Crippen LogP contribution in [0.2, 0.25) is 0 Å². The van der Waals surface area contributed by atoms with Crippen molar-refractivity contribution in [3.63, 3.8) is 0 Å². The molecule has 2 atom stereocenters. The van der Waals surface area contributed by atoms with Gasteiger partial charge in [0, 0.05) is 6.54 Å². The zero-order chi connectivity index (χ0) is 15.1. The Morgan fingerprint density at radius 1 is 1.33 bits per heavy atom. The number of hydrogen-bond donors (Lipinski definition) is 2. The van der Waals surface area contributed by atoms with Crippen LogP contribution in [-0.2, 0) is 0 Å². The predicted molar refractivity (Wildman–Crippen MR) is 82.9 cm³/mol. The van der Waals surface area contributed by atoms with Crippen LogP contribution in [0.1, 0.15) is 43.0 Å². The number of nitrogens with one attached hydrogen (secondary N) is 1. The topological polar surface area (TPSA) is 58.6 Å². The Bertz CT molecular complexity index is 461. The van der Waals surface area contributed by atoms with E-state index < -0.39 is 5.97 Å². The highest BCUT2D eigenvalue weighted by atomic mass is 16.5. The first-order chi connectivity index (χ1) is 10.2. The van der Waals surface area contributed by atoms with E-state index in [4.69, 9.17) is 9.84 Å². The fraction of sp³-hybridized carbons (Fsp3) is 0.588. The third kappa shape index (κ3) is 4.74. The second-order valence-electron chi connectivity index (χ2n) is 5.88. The lowest BCUT2D eigenvalue weighted by Gasteiger charge is -2.28. The van der Waals surface area contributed by atoms with Crippen LogP contribution in [0.3, 0.4) is 0 Å². The van der Waals surface area contributed by atoms with E-state index in [9.17, 15) is 4.79 Å². The molecule has 0 heterocycles. The highest BCUT2D eigenvalue weighted by Gasteiger charge is 2.20. The number of para-hydroxylation sites is 1. The third-order valence-electron chi connectivity index (χ3n) is 4.35. The molecule has 0 aromatic heterocycles. The third-order valence-corrected chi connectivity index (χ3v) is 4.35. The number of ether oxygens (including phenoxy) is 1. The maximum Gasteiger partial charge on any atom is 0.339 e. The van der Waals surface area contributed by atoms with Gasteiger partial charge in [0.1, 0.15) is 17.9 Å². The molecule has 116 valence electrons. The first-order valence-electron chi connectivity index (χ1n) is 7.84. The molecule has 1 aliphatic carbocycles. The van der Waals surface area contributed by atoms with E-state index in [-0.39, 0.29) is 5.56 Å². The van der Waals surface area contributed by atoms with Gasteiger partial charge in [-0.3, -0.25) is 0 Å². The summed E-state index contributed by atoms with van der Waals surface area (Å²) in [5, 5.41) is 12.5. The van der Waals surface area contributed by atoms with Crippen LogP contribution >= 0.6 is 0 Å². The molecule has 1 aliphatic rings. The molecule has 0 aliphatic heterocycles. The molecule has 1 aromatic carbocycles. The number of rotatable bonds is 7. The van der Waals surface area contributed by atoms with Gasteiger partial charge in [-0.05, 0) is 36.9 Å². The molecule has 0 bridgehead atoms. The normalized spacial score (nSPS) is 22.0. The Kier molecular flexibility index (Phi) is 6.05. The number of carbonyl (C=O) groups is 1. The second-order valence-corrected chi connectivity index (χ2v) is 5.88. The molecular weight excluding hydrogens is 266 g/mol. The quantitative estimate of drug-likeness (QED) is 0.758. The van der Waals surface area contributed by atoms with Crippen LogP contribution in [0.15, 0.2) is 24.3 Å². The predicted octanol–water partition coefficient (Wildman–Crippen LogP) is 3.18. The number of carboxylic acid groups (broad SMARTS) is 1. The number of aromatic carboxylic acids is 1. The van der Waals surface area contributed by atoms with Crippen LogP contribution in [0.5, 0.6) is 5.75 Å². The molecule has 0 spiro atoms. The minimum Gasteiger partial charge on any atom is -0.491 e. The smallest absolute Gasteiger partial charge is 0.339 e. The summed E-state index contributed by atoms with van der Waals surface area (Å²) in [6.07, 6.45) is 5.37. The zero-order valence-electron chi connectivity index (χ0n) is 12.7. The first-order valence-corrected chi connectivity index (χ1v) is 7.84. The number of carboxylic acids is 1. The highest BCUT2D eigenvalue weighted by Crippen LogP contribution is 2.28. The minimum absolute atomic E-state index is 0.221. The van der Waals surface area contributed by atoms with Gasteiger partial charge < -0.3 is 15.2 Å². The molecular formula is C17H25NO3. The summed E-state index contributed by atoms with van der Waals surface area (Å²) < 4.78 is 5.57. The molecule has 2 N–H and O–H groups in total. The van der Waals surface area contributed by atoms with E-state index >= 15 is 0 Å². The molecule has 4 nitrogen and oxygen atoms in total. The Morgan fingerprint density at radius 2 is 2.10 bits per heavy atom. The fourth-order valence-electron chi connectivity index (χ4n) is 2.99. The van der Waals surface area contributed by atoms with Gasteiger partial charge in [-0.25, -0.2) is 4.79 Å². The largest absolute Gasteiger partial charge is 0.491 e. The van der Waals surface area contributed by atoms with Crippen LogP contribution in [0.4, 0.5) is 0 Å². The average Bonchev–Trinajstić information content (AvgIpc) is 2.49. The number of hydrogen-bond acceptors (Lipinski definition) is 3. The minimum atomic E-state index is -0.949. The van der Waals surface area contributed by atoms with Gasteiger partial charge in [0.05, 0.1) is 0 Å². The Morgan fingerprint density at radius 3 is 2.86 bits per heavy atom. The lowest BCUT2D eigenvalue weighted by atomic mass is 9.80. The molecule has 0 amide bonds. The fourth-order valence-corrected chi connectivity index (χ4v) is 2.99. The van der Waals surface area contributed by atoms with Crippen LogP contribution in [0, 0.1) is 11.8 Å². The van der Waals surface area contributed by atoms with Crippen molar-refractivity contribution >= 4 is 5.97 Å². The van der Waals surface area contributed by atoms with Gasteiger partial charge in [0.15, 0.2) is 0 Å². The summed E-state index contributed by atoms with van der Waals surface area (Å²) in [4.78, 5) is 11.1. The zero-order valence-corrected chi connectivity index (χ0v) is 12.7. The van der Waals surface area contributed by atoms with Crippen molar-refractivity contribution < 1.29 is 14.6 Å². The van der Waals surface area contributed by atoms with E-state index in [0.29, 0.717) is 12.4 Å². The molecule has 1 fully saturated rings. The van der Waals surface area contributed by atoms with Crippen molar-refractivity contribution in [1.29, 1.82) is 0 Å². The van der Waals surface area contributed by atoms with E-state index in [1.807, 2.05) is 0 Å². The van der Waals surface area contributed by atoms with Gasteiger partial charge in [-0.15, -0.1) is 0 Å². The van der Waals surface area contributed by atoms with Gasteiger partial charge in [-0.2, -0.15) is 0 Å². The van der Waals surface area contributed by atoms with Gasteiger partial charge in [0.2, 0.25) is 0 Å². The summed E-state index contributed by atoms with van der Waals surface area (Å²) in [5.74, 6) is 1.07. The van der Waals surface area contributed by atoms with Crippen LogP contribution in [-0.4, -0.2) is 30.8 Å². The van der Waals surface area contributed by atoms with E-state index in [1.54, 1.807) is 24.3 Å². The Labute approximate surface area is 126 Å². The summed E-state index contributed by atoms with van der Waals surface area (Å²) in [6.45, 7) is 4.61. The van der Waals surface area contributed by atoms with Gasteiger partial charge in [0.25, 0.3) is 0 Å². The summed E-state index contributed by atoms with van der Waals surface area (Å²) in [7, 11) is 0. The molecule has 4 heteroatoms. The van der Waals surface area contributed by atoms with E-state index in [1.165, 1.54) is 25.7 Å². The summed E-state index contributed by atoms with van der Waals surface area (Å²) in [5.41, 5.74) is 0.221. The average molecular weight is 291 g/mol. The maximum absolute atomic E-state index is 11.1. The van der Waals surface area contributed by atoms with Gasteiger partial charge >= 0.3 is 5.97 Å². The summed E-state index contributed by atoms with van der Waals surface area (Å²) >= 11 is 0. The lowest BCUT2D eigenvalue weighted by Crippen LogP contribution is -2.31. The van der Waals surface area contributed by atoms with Crippen LogP contribution < -0.4 is 10.1 Å². The van der Waals surface area contributed by atoms with Crippen molar-refractivity contribution in [1.82, 2.24) is 5.32 Å². The molecule has 0 radical (unpaired) electrons. The van der Waals surface area contributed by atoms with Crippen molar-refractivity contribution in [2.45, 2.75) is 32.6 Å². The molecule has 2 rings (SSSR count). The van der Waals surface area contributed by atoms with Crippen molar-refractivity contribution in [2.24, 2.45) is 11.8 Å². The van der Waals surface area contributed by atoms with E-state index in [0.717, 1.165) is 24.9 Å². The highest BCUT2D eigenvalue weighted by molar-refractivity contribution is 5.90. The SMILES string of the molecule is CC1CCCCC1CNCCOc1ccccc1C(=O)O.